The van der Waals surface area contributed by atoms with E-state index in [1.165, 1.54) is 0 Å². The Hall–Kier alpha value is -0.570. The first-order chi connectivity index (χ1) is 6.61. The first-order valence-corrected chi connectivity index (χ1v) is 5.59. The molecule has 0 aromatic heterocycles. The quantitative estimate of drug-likeness (QED) is 0.707. The summed E-state index contributed by atoms with van der Waals surface area (Å²) in [6.45, 7) is 9.19. The Balaban J connectivity index is 2.12. The summed E-state index contributed by atoms with van der Waals surface area (Å²) in [6, 6.07) is 0. The number of carbonyl (C=O) groups is 1. The molecule has 14 heavy (non-hydrogen) atoms. The lowest BCUT2D eigenvalue weighted by Crippen LogP contribution is -2.30. The summed E-state index contributed by atoms with van der Waals surface area (Å²) in [5, 5.41) is 6.33. The molecule has 0 saturated carbocycles. The van der Waals surface area contributed by atoms with Gasteiger partial charge in [-0.25, -0.2) is 0 Å². The highest BCUT2D eigenvalue weighted by atomic mass is 16.1. The number of carbonyl (C=O) groups excluding carboxylic acids is 1. The molecule has 0 aromatic rings. The van der Waals surface area contributed by atoms with E-state index in [1.54, 1.807) is 0 Å². The standard InChI is InChI=1S/C11H22N2O/c1-8(2)11(14)13-5-4-10-7-12-6-9(10)3/h8-10,12H,4-7H2,1-3H3,(H,13,14)/t9-,10-/m1/s1. The smallest absolute Gasteiger partial charge is 0.222 e. The van der Waals surface area contributed by atoms with Gasteiger partial charge in [-0.15, -0.1) is 0 Å². The maximum Gasteiger partial charge on any atom is 0.222 e. The summed E-state index contributed by atoms with van der Waals surface area (Å²) in [4.78, 5) is 11.3. The van der Waals surface area contributed by atoms with Crippen LogP contribution in [0.3, 0.4) is 0 Å². The normalized spacial score (nSPS) is 26.9. The number of hydrogen-bond donors (Lipinski definition) is 2. The maximum absolute atomic E-state index is 11.3. The fourth-order valence-electron chi connectivity index (χ4n) is 1.84. The molecule has 1 saturated heterocycles. The minimum Gasteiger partial charge on any atom is -0.356 e. The van der Waals surface area contributed by atoms with E-state index in [1.807, 2.05) is 13.8 Å². The van der Waals surface area contributed by atoms with E-state index in [4.69, 9.17) is 0 Å². The van der Waals surface area contributed by atoms with E-state index in [9.17, 15) is 4.79 Å². The highest BCUT2D eigenvalue weighted by Gasteiger charge is 2.22. The summed E-state index contributed by atoms with van der Waals surface area (Å²) in [7, 11) is 0. The van der Waals surface area contributed by atoms with Crippen LogP contribution in [0.25, 0.3) is 0 Å². The molecule has 3 heteroatoms. The van der Waals surface area contributed by atoms with Gasteiger partial charge in [0.15, 0.2) is 0 Å². The van der Waals surface area contributed by atoms with Crippen molar-refractivity contribution in [3.63, 3.8) is 0 Å². The molecular formula is C11H22N2O. The van der Waals surface area contributed by atoms with E-state index in [2.05, 4.69) is 17.6 Å². The van der Waals surface area contributed by atoms with Crippen molar-refractivity contribution in [3.8, 4) is 0 Å². The van der Waals surface area contributed by atoms with Crippen LogP contribution in [0, 0.1) is 17.8 Å². The van der Waals surface area contributed by atoms with Gasteiger partial charge in [0.25, 0.3) is 0 Å². The van der Waals surface area contributed by atoms with Gasteiger partial charge in [-0.1, -0.05) is 20.8 Å². The van der Waals surface area contributed by atoms with Crippen LogP contribution in [0.15, 0.2) is 0 Å². The SMILES string of the molecule is CC(C)C(=O)NCC[C@@H]1CNC[C@H]1C. The van der Waals surface area contributed by atoms with Gasteiger partial charge in [0.05, 0.1) is 0 Å². The topological polar surface area (TPSA) is 41.1 Å². The van der Waals surface area contributed by atoms with Crippen molar-refractivity contribution in [2.45, 2.75) is 27.2 Å². The summed E-state index contributed by atoms with van der Waals surface area (Å²) in [5.41, 5.74) is 0. The molecule has 1 rings (SSSR count). The summed E-state index contributed by atoms with van der Waals surface area (Å²) < 4.78 is 0. The molecule has 0 aliphatic carbocycles. The van der Waals surface area contributed by atoms with Crippen LogP contribution >= 0.6 is 0 Å². The molecular weight excluding hydrogens is 176 g/mol. The molecule has 1 amide bonds. The summed E-state index contributed by atoms with van der Waals surface area (Å²) in [6.07, 6.45) is 1.10. The van der Waals surface area contributed by atoms with Crippen LogP contribution in [0.2, 0.25) is 0 Å². The Labute approximate surface area is 86.6 Å². The molecule has 2 atom stereocenters. The van der Waals surface area contributed by atoms with Gasteiger partial charge in [0.2, 0.25) is 5.91 Å². The highest BCUT2D eigenvalue weighted by molar-refractivity contribution is 5.77. The van der Waals surface area contributed by atoms with Crippen LogP contribution in [-0.2, 0) is 4.79 Å². The van der Waals surface area contributed by atoms with Crippen molar-refractivity contribution >= 4 is 5.91 Å². The first kappa shape index (κ1) is 11.5. The molecule has 1 fully saturated rings. The van der Waals surface area contributed by atoms with E-state index in [0.29, 0.717) is 0 Å². The third-order valence-electron chi connectivity index (χ3n) is 3.02. The highest BCUT2D eigenvalue weighted by Crippen LogP contribution is 2.18. The summed E-state index contributed by atoms with van der Waals surface area (Å²) >= 11 is 0. The summed E-state index contributed by atoms with van der Waals surface area (Å²) in [5.74, 6) is 1.77. The fraction of sp³-hybridized carbons (Fsp3) is 0.909. The average molecular weight is 198 g/mol. The van der Waals surface area contributed by atoms with Gasteiger partial charge < -0.3 is 10.6 Å². The predicted octanol–water partition coefficient (Wildman–Crippen LogP) is 1.00. The third-order valence-corrected chi connectivity index (χ3v) is 3.02. The number of rotatable bonds is 4. The second-order valence-electron chi connectivity index (χ2n) is 4.63. The van der Waals surface area contributed by atoms with Gasteiger partial charge in [-0.2, -0.15) is 0 Å². The Kier molecular flexibility index (Phi) is 4.39. The molecule has 2 N–H and O–H groups in total. The fourth-order valence-corrected chi connectivity index (χ4v) is 1.84. The Morgan fingerprint density at radius 1 is 1.50 bits per heavy atom. The molecule has 3 nitrogen and oxygen atoms in total. The van der Waals surface area contributed by atoms with Crippen molar-refractivity contribution in [1.29, 1.82) is 0 Å². The van der Waals surface area contributed by atoms with Crippen LogP contribution in [-0.4, -0.2) is 25.5 Å². The van der Waals surface area contributed by atoms with Gasteiger partial charge in [0.1, 0.15) is 0 Å². The van der Waals surface area contributed by atoms with E-state index in [0.717, 1.165) is 37.9 Å². The van der Waals surface area contributed by atoms with Gasteiger partial charge >= 0.3 is 0 Å². The van der Waals surface area contributed by atoms with Gasteiger partial charge in [0, 0.05) is 12.5 Å². The zero-order chi connectivity index (χ0) is 10.6. The zero-order valence-electron chi connectivity index (χ0n) is 9.47. The molecule has 0 aromatic carbocycles. The number of nitrogens with one attached hydrogen (secondary N) is 2. The lowest BCUT2D eigenvalue weighted by atomic mass is 9.95. The average Bonchev–Trinajstić information content (AvgIpc) is 2.51. The van der Waals surface area contributed by atoms with Crippen molar-refractivity contribution < 1.29 is 4.79 Å². The number of hydrogen-bond acceptors (Lipinski definition) is 2. The minimum absolute atomic E-state index is 0.106. The zero-order valence-corrected chi connectivity index (χ0v) is 9.47. The van der Waals surface area contributed by atoms with Crippen LogP contribution < -0.4 is 10.6 Å². The van der Waals surface area contributed by atoms with E-state index >= 15 is 0 Å². The molecule has 0 radical (unpaired) electrons. The molecule has 82 valence electrons. The molecule has 1 aliphatic rings. The molecule has 1 aliphatic heterocycles. The molecule has 0 unspecified atom stereocenters. The van der Waals surface area contributed by atoms with Crippen LogP contribution in [0.4, 0.5) is 0 Å². The molecule has 0 bridgehead atoms. The van der Waals surface area contributed by atoms with Crippen LogP contribution in [0.5, 0.6) is 0 Å². The largest absolute Gasteiger partial charge is 0.356 e. The lowest BCUT2D eigenvalue weighted by Gasteiger charge is -2.14. The van der Waals surface area contributed by atoms with Gasteiger partial charge in [-0.05, 0) is 31.3 Å². The van der Waals surface area contributed by atoms with Crippen molar-refractivity contribution in [2.24, 2.45) is 17.8 Å². The van der Waals surface area contributed by atoms with Crippen molar-refractivity contribution in [3.05, 3.63) is 0 Å². The van der Waals surface area contributed by atoms with Crippen molar-refractivity contribution in [2.75, 3.05) is 19.6 Å². The van der Waals surface area contributed by atoms with Crippen molar-refractivity contribution in [1.82, 2.24) is 10.6 Å². The lowest BCUT2D eigenvalue weighted by molar-refractivity contribution is -0.124. The Bertz CT molecular complexity index is 192. The maximum atomic E-state index is 11.3. The first-order valence-electron chi connectivity index (χ1n) is 5.59. The Morgan fingerprint density at radius 2 is 2.21 bits per heavy atom. The van der Waals surface area contributed by atoms with E-state index in [-0.39, 0.29) is 11.8 Å². The molecule has 0 spiro atoms. The predicted molar refractivity (Wildman–Crippen MR) is 58.0 cm³/mol. The monoisotopic (exact) mass is 198 g/mol. The third kappa shape index (κ3) is 3.29. The van der Waals surface area contributed by atoms with E-state index < -0.39 is 0 Å². The Morgan fingerprint density at radius 3 is 2.71 bits per heavy atom. The second kappa shape index (κ2) is 5.35. The minimum atomic E-state index is 0.106. The number of amides is 1. The molecule has 1 heterocycles. The second-order valence-corrected chi connectivity index (χ2v) is 4.63. The van der Waals surface area contributed by atoms with Crippen LogP contribution in [0.1, 0.15) is 27.2 Å². The van der Waals surface area contributed by atoms with Gasteiger partial charge in [-0.3, -0.25) is 4.79 Å².